The van der Waals surface area contributed by atoms with Gasteiger partial charge in [-0.2, -0.15) is 5.26 Å². The fraction of sp³-hybridized carbons (Fsp3) is 0.217. The lowest BCUT2D eigenvalue weighted by atomic mass is 10.1. The van der Waals surface area contributed by atoms with Crippen molar-refractivity contribution in [1.29, 1.82) is 5.26 Å². The van der Waals surface area contributed by atoms with Crippen LogP contribution < -0.4 is 14.8 Å². The van der Waals surface area contributed by atoms with Crippen molar-refractivity contribution < 1.29 is 19.4 Å². The lowest BCUT2D eigenvalue weighted by molar-refractivity contribution is -0.129. The SMILES string of the molecule is COc1cc(CCNC(=O)C(O)c2ccc(-c3ncccn3)cc2)ccc1OCC#N. The van der Waals surface area contributed by atoms with E-state index in [-0.39, 0.29) is 6.61 Å². The van der Waals surface area contributed by atoms with Crippen LogP contribution in [0.3, 0.4) is 0 Å². The summed E-state index contributed by atoms with van der Waals surface area (Å²) >= 11 is 0. The summed E-state index contributed by atoms with van der Waals surface area (Å²) in [5.74, 6) is 1.09. The molecule has 0 saturated carbocycles. The molecule has 0 spiro atoms. The van der Waals surface area contributed by atoms with Crippen molar-refractivity contribution in [2.45, 2.75) is 12.5 Å². The van der Waals surface area contributed by atoms with Gasteiger partial charge in [0, 0.05) is 24.5 Å². The molecule has 1 heterocycles. The van der Waals surface area contributed by atoms with E-state index < -0.39 is 12.0 Å². The van der Waals surface area contributed by atoms with Crippen LogP contribution in [0.5, 0.6) is 11.5 Å². The number of benzene rings is 2. The van der Waals surface area contributed by atoms with Gasteiger partial charge in [-0.25, -0.2) is 9.97 Å². The number of hydrogen-bond donors (Lipinski definition) is 2. The molecule has 0 fully saturated rings. The van der Waals surface area contributed by atoms with Gasteiger partial charge in [-0.15, -0.1) is 0 Å². The normalized spacial score (nSPS) is 11.3. The Kier molecular flexibility index (Phi) is 7.51. The predicted octanol–water partition coefficient (Wildman–Crippen LogP) is 2.45. The average Bonchev–Trinajstić information content (AvgIpc) is 2.83. The highest BCUT2D eigenvalue weighted by atomic mass is 16.5. The van der Waals surface area contributed by atoms with Crippen molar-refractivity contribution in [2.24, 2.45) is 0 Å². The molecule has 8 nitrogen and oxygen atoms in total. The maximum atomic E-state index is 12.3. The van der Waals surface area contributed by atoms with Gasteiger partial charge in [-0.05, 0) is 35.7 Å². The van der Waals surface area contributed by atoms with Crippen LogP contribution in [0.25, 0.3) is 11.4 Å². The molecule has 0 aliphatic carbocycles. The predicted molar refractivity (Wildman–Crippen MR) is 113 cm³/mol. The van der Waals surface area contributed by atoms with E-state index in [9.17, 15) is 9.90 Å². The van der Waals surface area contributed by atoms with E-state index in [1.807, 2.05) is 12.1 Å². The number of amides is 1. The zero-order valence-electron chi connectivity index (χ0n) is 17.0. The second-order valence-corrected chi connectivity index (χ2v) is 6.57. The van der Waals surface area contributed by atoms with Crippen molar-refractivity contribution in [3.63, 3.8) is 0 Å². The molecule has 0 saturated heterocycles. The molecule has 8 heteroatoms. The van der Waals surface area contributed by atoms with Gasteiger partial charge < -0.3 is 19.9 Å². The minimum Gasteiger partial charge on any atom is -0.493 e. The summed E-state index contributed by atoms with van der Waals surface area (Å²) in [6.45, 7) is 0.274. The Labute approximate surface area is 180 Å². The number of rotatable bonds is 9. The van der Waals surface area contributed by atoms with E-state index in [0.717, 1.165) is 11.1 Å². The number of hydrogen-bond acceptors (Lipinski definition) is 7. The number of nitriles is 1. The molecule has 2 N–H and O–H groups in total. The Morgan fingerprint density at radius 1 is 1.16 bits per heavy atom. The zero-order chi connectivity index (χ0) is 22.1. The molecule has 0 aliphatic heterocycles. The molecule has 0 bridgehead atoms. The number of methoxy groups -OCH3 is 1. The Morgan fingerprint density at radius 3 is 2.58 bits per heavy atom. The summed E-state index contributed by atoms with van der Waals surface area (Å²) in [4.78, 5) is 20.7. The molecule has 1 aromatic heterocycles. The molecule has 158 valence electrons. The quantitative estimate of drug-likeness (QED) is 0.548. The first-order valence-corrected chi connectivity index (χ1v) is 9.62. The van der Waals surface area contributed by atoms with Crippen molar-refractivity contribution in [3.05, 3.63) is 72.1 Å². The van der Waals surface area contributed by atoms with Gasteiger partial charge in [0.2, 0.25) is 0 Å². The van der Waals surface area contributed by atoms with Crippen LogP contribution in [-0.2, 0) is 11.2 Å². The molecule has 0 aliphatic rings. The number of aromatic nitrogens is 2. The molecule has 1 unspecified atom stereocenters. The lowest BCUT2D eigenvalue weighted by Gasteiger charge is -2.13. The number of aliphatic hydroxyl groups excluding tert-OH is 1. The second-order valence-electron chi connectivity index (χ2n) is 6.57. The van der Waals surface area contributed by atoms with Crippen LogP contribution in [0.2, 0.25) is 0 Å². The van der Waals surface area contributed by atoms with Gasteiger partial charge in [-0.3, -0.25) is 4.79 Å². The van der Waals surface area contributed by atoms with Crippen molar-refractivity contribution in [2.75, 3.05) is 20.3 Å². The van der Waals surface area contributed by atoms with Gasteiger partial charge >= 0.3 is 0 Å². The maximum absolute atomic E-state index is 12.3. The van der Waals surface area contributed by atoms with E-state index >= 15 is 0 Å². The first-order chi connectivity index (χ1) is 15.1. The fourth-order valence-corrected chi connectivity index (χ4v) is 2.94. The van der Waals surface area contributed by atoms with E-state index in [1.165, 1.54) is 7.11 Å². The van der Waals surface area contributed by atoms with Crippen LogP contribution in [0.1, 0.15) is 17.2 Å². The van der Waals surface area contributed by atoms with Crippen molar-refractivity contribution >= 4 is 5.91 Å². The van der Waals surface area contributed by atoms with Crippen LogP contribution in [0, 0.1) is 11.3 Å². The molecule has 1 atom stereocenters. The van der Waals surface area contributed by atoms with E-state index in [0.29, 0.717) is 35.9 Å². The van der Waals surface area contributed by atoms with Gasteiger partial charge in [0.15, 0.2) is 30.0 Å². The van der Waals surface area contributed by atoms with E-state index in [4.69, 9.17) is 14.7 Å². The standard InChI is InChI=1S/C23H22N4O4/c1-30-20-15-16(3-8-19(20)31-14-10-24)9-13-27-23(29)21(28)17-4-6-18(7-5-17)22-25-11-2-12-26-22/h2-8,11-12,15,21,28H,9,13-14H2,1H3,(H,27,29). The maximum Gasteiger partial charge on any atom is 0.253 e. The molecule has 0 radical (unpaired) electrons. The largest absolute Gasteiger partial charge is 0.493 e. The monoisotopic (exact) mass is 418 g/mol. The third kappa shape index (κ3) is 5.78. The smallest absolute Gasteiger partial charge is 0.253 e. The topological polar surface area (TPSA) is 117 Å². The van der Waals surface area contributed by atoms with Crippen LogP contribution in [0.4, 0.5) is 0 Å². The van der Waals surface area contributed by atoms with Gasteiger partial charge in [0.25, 0.3) is 5.91 Å². The molecule has 3 rings (SSSR count). The minimum absolute atomic E-state index is 0.0665. The number of ether oxygens (including phenoxy) is 2. The molecule has 1 amide bonds. The summed E-state index contributed by atoms with van der Waals surface area (Å²) in [6, 6.07) is 15.9. The van der Waals surface area contributed by atoms with Crippen LogP contribution >= 0.6 is 0 Å². The highest BCUT2D eigenvalue weighted by Gasteiger charge is 2.17. The third-order valence-electron chi connectivity index (χ3n) is 4.53. The highest BCUT2D eigenvalue weighted by molar-refractivity contribution is 5.82. The van der Waals surface area contributed by atoms with Gasteiger partial charge in [0.05, 0.1) is 7.11 Å². The molecular formula is C23H22N4O4. The zero-order valence-corrected chi connectivity index (χ0v) is 17.0. The van der Waals surface area contributed by atoms with E-state index in [2.05, 4.69) is 15.3 Å². The molecule has 31 heavy (non-hydrogen) atoms. The Morgan fingerprint density at radius 2 is 1.90 bits per heavy atom. The second kappa shape index (κ2) is 10.7. The van der Waals surface area contributed by atoms with E-state index in [1.54, 1.807) is 54.9 Å². The Hall–Kier alpha value is -3.96. The van der Waals surface area contributed by atoms with Gasteiger partial charge in [0.1, 0.15) is 6.07 Å². The number of aliphatic hydroxyl groups is 1. The molecular weight excluding hydrogens is 396 g/mol. The average molecular weight is 418 g/mol. The highest BCUT2D eigenvalue weighted by Crippen LogP contribution is 2.28. The summed E-state index contributed by atoms with van der Waals surface area (Å²) in [5.41, 5.74) is 2.20. The Bertz CT molecular complexity index is 1050. The first-order valence-electron chi connectivity index (χ1n) is 9.62. The summed E-state index contributed by atoms with van der Waals surface area (Å²) in [7, 11) is 1.52. The summed E-state index contributed by atoms with van der Waals surface area (Å²) < 4.78 is 10.6. The lowest BCUT2D eigenvalue weighted by Crippen LogP contribution is -2.31. The Balaban J connectivity index is 1.54. The summed E-state index contributed by atoms with van der Waals surface area (Å²) in [6.07, 6.45) is 2.57. The van der Waals surface area contributed by atoms with Crippen LogP contribution in [0.15, 0.2) is 60.9 Å². The van der Waals surface area contributed by atoms with Crippen molar-refractivity contribution in [3.8, 4) is 29.0 Å². The number of carbonyl (C=O) groups excluding carboxylic acids is 1. The van der Waals surface area contributed by atoms with Gasteiger partial charge in [-0.1, -0.05) is 30.3 Å². The fourth-order valence-electron chi connectivity index (χ4n) is 2.94. The molecule has 2 aromatic carbocycles. The first kappa shape index (κ1) is 21.7. The van der Waals surface area contributed by atoms with Crippen molar-refractivity contribution in [1.82, 2.24) is 15.3 Å². The summed E-state index contributed by atoms with van der Waals surface area (Å²) in [5, 5.41) is 21.7. The molecule has 3 aromatic rings. The van der Waals surface area contributed by atoms with Crippen LogP contribution in [-0.4, -0.2) is 41.2 Å². The number of nitrogens with one attached hydrogen (secondary N) is 1. The number of carbonyl (C=O) groups is 1. The minimum atomic E-state index is -1.28. The number of nitrogens with zero attached hydrogens (tertiary/aromatic N) is 3. The third-order valence-corrected chi connectivity index (χ3v) is 4.53.